The van der Waals surface area contributed by atoms with E-state index in [0.29, 0.717) is 28.5 Å². The Labute approximate surface area is 171 Å². The molecule has 0 atom stereocenters. The first-order valence-corrected chi connectivity index (χ1v) is 9.80. The van der Waals surface area contributed by atoms with Gasteiger partial charge < -0.3 is 15.5 Å². The van der Waals surface area contributed by atoms with Gasteiger partial charge in [-0.2, -0.15) is 5.10 Å². The standard InChI is InChI=1S/C20H22FN5O2S/c1-11-12(2)23-24-18-15(11)16(22)17(29-18)20(28)26(4)9-8-25(3)19(27)13-6-5-7-14(21)10-13/h5-7,10H,8-9,22H2,1-4H3. The molecule has 29 heavy (non-hydrogen) atoms. The van der Waals surface area contributed by atoms with Crippen molar-refractivity contribution < 1.29 is 14.0 Å². The summed E-state index contributed by atoms with van der Waals surface area (Å²) in [6.07, 6.45) is 0. The Morgan fingerprint density at radius 1 is 1.10 bits per heavy atom. The van der Waals surface area contributed by atoms with Crippen LogP contribution in [-0.4, -0.2) is 59.0 Å². The molecule has 0 saturated carbocycles. The number of anilines is 1. The number of nitrogens with zero attached hydrogens (tertiary/aromatic N) is 4. The maximum absolute atomic E-state index is 13.3. The number of fused-ring (bicyclic) bond motifs is 1. The second-order valence-corrected chi connectivity index (χ2v) is 7.90. The molecule has 2 heterocycles. The van der Waals surface area contributed by atoms with Crippen LogP contribution in [0.15, 0.2) is 24.3 Å². The van der Waals surface area contributed by atoms with E-state index in [-0.39, 0.29) is 17.4 Å². The molecule has 2 N–H and O–H groups in total. The highest BCUT2D eigenvalue weighted by atomic mass is 32.1. The summed E-state index contributed by atoms with van der Waals surface area (Å²) >= 11 is 1.21. The van der Waals surface area contributed by atoms with Gasteiger partial charge in [0.2, 0.25) is 0 Å². The molecule has 0 spiro atoms. The van der Waals surface area contributed by atoms with E-state index in [4.69, 9.17) is 5.73 Å². The van der Waals surface area contributed by atoms with Crippen molar-refractivity contribution in [1.29, 1.82) is 0 Å². The number of halogens is 1. The average molecular weight is 415 g/mol. The lowest BCUT2D eigenvalue weighted by atomic mass is 10.1. The molecule has 0 aliphatic heterocycles. The van der Waals surface area contributed by atoms with Crippen LogP contribution in [0.2, 0.25) is 0 Å². The molecule has 0 saturated heterocycles. The third-order valence-electron chi connectivity index (χ3n) is 4.87. The van der Waals surface area contributed by atoms with Crippen LogP contribution in [-0.2, 0) is 0 Å². The van der Waals surface area contributed by atoms with Gasteiger partial charge in [0.05, 0.1) is 11.4 Å². The van der Waals surface area contributed by atoms with E-state index in [9.17, 15) is 14.0 Å². The second-order valence-electron chi connectivity index (χ2n) is 6.90. The number of hydrogen-bond donors (Lipinski definition) is 1. The summed E-state index contributed by atoms with van der Waals surface area (Å²) in [5, 5.41) is 8.99. The van der Waals surface area contributed by atoms with E-state index in [1.165, 1.54) is 39.3 Å². The predicted molar refractivity (Wildman–Crippen MR) is 112 cm³/mol. The molecule has 0 radical (unpaired) electrons. The van der Waals surface area contributed by atoms with Crippen LogP contribution in [0.4, 0.5) is 10.1 Å². The van der Waals surface area contributed by atoms with E-state index in [2.05, 4.69) is 10.2 Å². The van der Waals surface area contributed by atoms with Crippen LogP contribution in [0, 0.1) is 19.7 Å². The van der Waals surface area contributed by atoms with Gasteiger partial charge in [0.15, 0.2) is 0 Å². The van der Waals surface area contributed by atoms with Crippen molar-refractivity contribution in [3.8, 4) is 0 Å². The topological polar surface area (TPSA) is 92.4 Å². The molecule has 1 aromatic carbocycles. The van der Waals surface area contributed by atoms with Gasteiger partial charge in [-0.25, -0.2) is 4.39 Å². The van der Waals surface area contributed by atoms with Gasteiger partial charge in [-0.3, -0.25) is 9.59 Å². The highest BCUT2D eigenvalue weighted by molar-refractivity contribution is 7.21. The maximum atomic E-state index is 13.3. The number of nitrogen functional groups attached to an aromatic ring is 1. The summed E-state index contributed by atoms with van der Waals surface area (Å²) in [5.41, 5.74) is 8.58. The van der Waals surface area contributed by atoms with E-state index in [1.54, 1.807) is 20.2 Å². The number of benzene rings is 1. The quantitative estimate of drug-likeness (QED) is 0.692. The molecule has 2 aromatic heterocycles. The zero-order valence-corrected chi connectivity index (χ0v) is 17.5. The Morgan fingerprint density at radius 3 is 2.41 bits per heavy atom. The fraction of sp³-hybridized carbons (Fsp3) is 0.300. The highest BCUT2D eigenvalue weighted by Gasteiger charge is 2.23. The minimum Gasteiger partial charge on any atom is -0.397 e. The second kappa shape index (κ2) is 8.12. The lowest BCUT2D eigenvalue weighted by Crippen LogP contribution is -2.37. The first kappa shape index (κ1) is 20.7. The molecule has 9 heteroatoms. The first-order valence-electron chi connectivity index (χ1n) is 8.99. The van der Waals surface area contributed by atoms with Crippen LogP contribution in [0.5, 0.6) is 0 Å². The monoisotopic (exact) mass is 415 g/mol. The average Bonchev–Trinajstić information content (AvgIpc) is 3.04. The van der Waals surface area contributed by atoms with Crippen molar-refractivity contribution in [2.24, 2.45) is 0 Å². The third-order valence-corrected chi connectivity index (χ3v) is 5.94. The Balaban J connectivity index is 1.71. The van der Waals surface area contributed by atoms with Crippen LogP contribution in [0.3, 0.4) is 0 Å². The Morgan fingerprint density at radius 2 is 1.76 bits per heavy atom. The van der Waals surface area contributed by atoms with Gasteiger partial charge in [-0.05, 0) is 37.6 Å². The number of aryl methyl sites for hydroxylation is 2. The summed E-state index contributed by atoms with van der Waals surface area (Å²) < 4.78 is 13.3. The Kier molecular flexibility index (Phi) is 5.78. The molecule has 7 nitrogen and oxygen atoms in total. The lowest BCUT2D eigenvalue weighted by Gasteiger charge is -2.22. The Hall–Kier alpha value is -3.07. The smallest absolute Gasteiger partial charge is 0.265 e. The zero-order chi connectivity index (χ0) is 21.3. The van der Waals surface area contributed by atoms with Gasteiger partial charge >= 0.3 is 0 Å². The molecule has 0 unspecified atom stereocenters. The number of thiophene rings is 1. The lowest BCUT2D eigenvalue weighted by molar-refractivity contribution is 0.0721. The van der Waals surface area contributed by atoms with Crippen LogP contribution in [0.25, 0.3) is 10.2 Å². The van der Waals surface area contributed by atoms with Crippen molar-refractivity contribution >= 4 is 39.1 Å². The minimum absolute atomic E-state index is 0.242. The van der Waals surface area contributed by atoms with Gasteiger partial charge in [0, 0.05) is 38.1 Å². The van der Waals surface area contributed by atoms with E-state index >= 15 is 0 Å². The molecule has 0 bridgehead atoms. The number of likely N-dealkylation sites (N-methyl/N-ethyl adjacent to an activating group) is 2. The Bertz CT molecular complexity index is 1100. The minimum atomic E-state index is -0.467. The molecule has 0 fully saturated rings. The molecule has 2 amide bonds. The number of nitrogens with two attached hydrogens (primary N) is 1. The largest absolute Gasteiger partial charge is 0.397 e. The van der Waals surface area contributed by atoms with Crippen LogP contribution < -0.4 is 5.73 Å². The molecule has 3 rings (SSSR count). The first-order chi connectivity index (χ1) is 13.7. The van der Waals surface area contributed by atoms with Crippen molar-refractivity contribution in [1.82, 2.24) is 20.0 Å². The number of carbonyl (C=O) groups excluding carboxylic acids is 2. The summed E-state index contributed by atoms with van der Waals surface area (Å²) in [6.45, 7) is 4.34. The summed E-state index contributed by atoms with van der Waals surface area (Å²) in [4.78, 5) is 29.3. The van der Waals surface area contributed by atoms with E-state index < -0.39 is 5.82 Å². The molecule has 3 aromatic rings. The number of hydrogen-bond acceptors (Lipinski definition) is 6. The van der Waals surface area contributed by atoms with E-state index in [0.717, 1.165) is 16.6 Å². The van der Waals surface area contributed by atoms with Crippen molar-refractivity contribution in [3.05, 3.63) is 51.8 Å². The van der Waals surface area contributed by atoms with Crippen LogP contribution in [0.1, 0.15) is 31.3 Å². The summed E-state index contributed by atoms with van der Waals surface area (Å²) in [6, 6.07) is 5.52. The maximum Gasteiger partial charge on any atom is 0.265 e. The number of amides is 2. The molecular formula is C20H22FN5O2S. The molecule has 152 valence electrons. The van der Waals surface area contributed by atoms with Crippen molar-refractivity contribution in [2.75, 3.05) is 32.9 Å². The number of rotatable bonds is 5. The van der Waals surface area contributed by atoms with Gasteiger partial charge in [-0.15, -0.1) is 16.4 Å². The predicted octanol–water partition coefficient (Wildman–Crippen LogP) is 2.87. The molecular weight excluding hydrogens is 393 g/mol. The number of aromatic nitrogens is 2. The fourth-order valence-electron chi connectivity index (χ4n) is 2.92. The summed E-state index contributed by atoms with van der Waals surface area (Å²) in [7, 11) is 3.26. The van der Waals surface area contributed by atoms with E-state index in [1.807, 2.05) is 13.8 Å². The summed E-state index contributed by atoms with van der Waals surface area (Å²) in [5.74, 6) is -1.02. The SMILES string of the molecule is Cc1nnc2sc(C(=O)N(C)CCN(C)C(=O)c3cccc(F)c3)c(N)c2c1C. The number of carbonyl (C=O) groups is 2. The zero-order valence-electron chi connectivity index (χ0n) is 16.7. The highest BCUT2D eigenvalue weighted by Crippen LogP contribution is 2.35. The van der Waals surface area contributed by atoms with Gasteiger partial charge in [0.1, 0.15) is 15.5 Å². The molecule has 0 aliphatic carbocycles. The molecule has 0 aliphatic rings. The third kappa shape index (κ3) is 4.04. The van der Waals surface area contributed by atoms with Crippen molar-refractivity contribution in [2.45, 2.75) is 13.8 Å². The van der Waals surface area contributed by atoms with Gasteiger partial charge in [0.25, 0.3) is 11.8 Å². The van der Waals surface area contributed by atoms with Gasteiger partial charge in [-0.1, -0.05) is 6.07 Å². The van der Waals surface area contributed by atoms with Crippen LogP contribution >= 0.6 is 11.3 Å². The fourth-order valence-corrected chi connectivity index (χ4v) is 4.01. The normalized spacial score (nSPS) is 10.9. The van der Waals surface area contributed by atoms with Crippen molar-refractivity contribution in [3.63, 3.8) is 0 Å².